The molecule has 1 spiro atoms. The lowest BCUT2D eigenvalue weighted by molar-refractivity contribution is -0.148. The fourth-order valence-electron chi connectivity index (χ4n) is 4.36. The van der Waals surface area contributed by atoms with E-state index in [2.05, 4.69) is 4.90 Å². The number of nitrogens with zero attached hydrogens (tertiary/aromatic N) is 1. The summed E-state index contributed by atoms with van der Waals surface area (Å²) in [5.41, 5.74) is 1.10. The minimum absolute atomic E-state index is 0.0944. The Morgan fingerprint density at radius 1 is 1.38 bits per heavy atom. The molecule has 16 heavy (non-hydrogen) atoms. The van der Waals surface area contributed by atoms with Crippen molar-refractivity contribution in [3.63, 3.8) is 0 Å². The monoisotopic (exact) mass is 219 g/mol. The van der Waals surface area contributed by atoms with Crippen LogP contribution in [0.4, 0.5) is 0 Å². The topological polar surface area (TPSA) is 29.5 Å². The molecule has 0 aromatic heterocycles. The summed E-state index contributed by atoms with van der Waals surface area (Å²) in [5, 5.41) is 0. The molecule has 0 radical (unpaired) electrons. The molecule has 2 bridgehead atoms. The van der Waals surface area contributed by atoms with E-state index in [9.17, 15) is 4.79 Å². The van der Waals surface area contributed by atoms with Crippen molar-refractivity contribution in [2.24, 2.45) is 0 Å². The zero-order chi connectivity index (χ0) is 10.8. The van der Waals surface area contributed by atoms with Gasteiger partial charge in [0, 0.05) is 18.5 Å². The van der Waals surface area contributed by atoms with E-state index in [1.165, 1.54) is 37.8 Å². The first-order chi connectivity index (χ1) is 7.79. The number of ether oxygens (including phenoxy) is 1. The standard InChI is InChI=1S/C13H17NO2/c15-12-7-9-4-5-10-8-13(9,16-12)11-3-1-2-6-14(10)11/h7,10-11H,1-6,8H2/t10-,11-,13+/m1/s1. The van der Waals surface area contributed by atoms with Crippen molar-refractivity contribution >= 4 is 5.97 Å². The molecule has 3 atom stereocenters. The van der Waals surface area contributed by atoms with E-state index >= 15 is 0 Å². The summed E-state index contributed by atoms with van der Waals surface area (Å²) in [6.07, 6.45) is 8.95. The van der Waals surface area contributed by atoms with Gasteiger partial charge in [0.1, 0.15) is 0 Å². The average Bonchev–Trinajstić information content (AvgIpc) is 2.76. The summed E-state index contributed by atoms with van der Waals surface area (Å²) in [4.78, 5) is 14.2. The first-order valence-electron chi connectivity index (χ1n) is 6.49. The Balaban J connectivity index is 1.80. The highest BCUT2D eigenvalue weighted by molar-refractivity contribution is 5.87. The van der Waals surface area contributed by atoms with Crippen LogP contribution in [-0.2, 0) is 9.53 Å². The number of piperidine rings is 1. The summed E-state index contributed by atoms with van der Waals surface area (Å²) in [7, 11) is 0. The molecule has 4 aliphatic rings. The van der Waals surface area contributed by atoms with E-state index < -0.39 is 0 Å². The van der Waals surface area contributed by atoms with E-state index in [0.29, 0.717) is 12.1 Å². The number of carbonyl (C=O) groups excluding carboxylic acids is 1. The molecule has 0 aromatic rings. The van der Waals surface area contributed by atoms with Crippen LogP contribution in [0.25, 0.3) is 0 Å². The number of rotatable bonds is 0. The molecule has 0 aromatic carbocycles. The van der Waals surface area contributed by atoms with Crippen molar-refractivity contribution in [1.29, 1.82) is 0 Å². The summed E-state index contributed by atoms with van der Waals surface area (Å²) in [6.45, 7) is 1.21. The lowest BCUT2D eigenvalue weighted by atomic mass is 9.77. The van der Waals surface area contributed by atoms with Crippen LogP contribution in [0.1, 0.15) is 38.5 Å². The van der Waals surface area contributed by atoms with Gasteiger partial charge >= 0.3 is 5.97 Å². The second kappa shape index (κ2) is 2.89. The highest BCUT2D eigenvalue weighted by atomic mass is 16.6. The first-order valence-corrected chi connectivity index (χ1v) is 6.49. The molecule has 3 fully saturated rings. The van der Waals surface area contributed by atoms with Gasteiger partial charge in [0.05, 0.1) is 6.04 Å². The Hall–Kier alpha value is -0.830. The Morgan fingerprint density at radius 3 is 3.25 bits per heavy atom. The van der Waals surface area contributed by atoms with Crippen molar-refractivity contribution in [2.45, 2.75) is 56.2 Å². The van der Waals surface area contributed by atoms with Crippen LogP contribution in [0, 0.1) is 0 Å². The predicted molar refractivity (Wildman–Crippen MR) is 58.9 cm³/mol. The van der Waals surface area contributed by atoms with Gasteiger partial charge in [-0.2, -0.15) is 0 Å². The Morgan fingerprint density at radius 2 is 2.31 bits per heavy atom. The molecular weight excluding hydrogens is 202 g/mol. The van der Waals surface area contributed by atoms with Gasteiger partial charge < -0.3 is 4.74 Å². The molecule has 1 saturated carbocycles. The van der Waals surface area contributed by atoms with Gasteiger partial charge in [0.25, 0.3) is 0 Å². The van der Waals surface area contributed by atoms with Crippen molar-refractivity contribution in [1.82, 2.24) is 4.90 Å². The third kappa shape index (κ3) is 0.956. The van der Waals surface area contributed by atoms with E-state index in [4.69, 9.17) is 4.74 Å². The average molecular weight is 219 g/mol. The highest BCUT2D eigenvalue weighted by Gasteiger charge is 2.61. The van der Waals surface area contributed by atoms with Crippen molar-refractivity contribution in [2.75, 3.05) is 6.54 Å². The van der Waals surface area contributed by atoms with Crippen LogP contribution in [-0.4, -0.2) is 35.1 Å². The van der Waals surface area contributed by atoms with Gasteiger partial charge in [0.15, 0.2) is 5.60 Å². The molecule has 4 rings (SSSR count). The summed E-state index contributed by atoms with van der Waals surface area (Å²) < 4.78 is 5.74. The third-order valence-electron chi connectivity index (χ3n) is 4.96. The third-order valence-corrected chi connectivity index (χ3v) is 4.96. The second-order valence-electron chi connectivity index (χ2n) is 5.63. The van der Waals surface area contributed by atoms with Crippen LogP contribution >= 0.6 is 0 Å². The Labute approximate surface area is 95.4 Å². The van der Waals surface area contributed by atoms with E-state index in [1.807, 2.05) is 0 Å². The molecular formula is C13H17NO2. The van der Waals surface area contributed by atoms with Crippen LogP contribution in [0.3, 0.4) is 0 Å². The fourth-order valence-corrected chi connectivity index (χ4v) is 4.36. The van der Waals surface area contributed by atoms with Gasteiger partial charge in [-0.15, -0.1) is 0 Å². The number of hydrogen-bond acceptors (Lipinski definition) is 3. The molecule has 0 N–H and O–H groups in total. The van der Waals surface area contributed by atoms with Gasteiger partial charge in [-0.05, 0) is 37.8 Å². The summed E-state index contributed by atoms with van der Waals surface area (Å²) in [5.74, 6) is -0.0944. The molecule has 3 heteroatoms. The fraction of sp³-hybridized carbons (Fsp3) is 0.769. The van der Waals surface area contributed by atoms with E-state index in [-0.39, 0.29) is 11.6 Å². The maximum absolute atomic E-state index is 11.5. The Kier molecular flexibility index (Phi) is 1.67. The quantitative estimate of drug-likeness (QED) is 0.580. The minimum Gasteiger partial charge on any atom is -0.450 e. The number of hydrogen-bond donors (Lipinski definition) is 0. The molecule has 3 heterocycles. The predicted octanol–water partition coefficient (Wildman–Crippen LogP) is 1.63. The maximum Gasteiger partial charge on any atom is 0.331 e. The zero-order valence-electron chi connectivity index (χ0n) is 9.45. The van der Waals surface area contributed by atoms with Crippen LogP contribution in [0.15, 0.2) is 11.6 Å². The minimum atomic E-state index is -0.194. The zero-order valence-corrected chi connectivity index (χ0v) is 9.45. The second-order valence-corrected chi connectivity index (χ2v) is 5.63. The molecule has 2 saturated heterocycles. The molecule has 86 valence electrons. The van der Waals surface area contributed by atoms with Crippen LogP contribution in [0.5, 0.6) is 0 Å². The Bertz CT molecular complexity index is 389. The van der Waals surface area contributed by atoms with Crippen LogP contribution < -0.4 is 0 Å². The SMILES string of the molecule is O=C1C=C2CC[C@@H]3C[C@@]2(O1)[C@H]1CCCCN31. The van der Waals surface area contributed by atoms with Gasteiger partial charge in [-0.25, -0.2) is 4.79 Å². The lowest BCUT2D eigenvalue weighted by Gasteiger charge is -2.38. The number of carbonyl (C=O) groups is 1. The number of esters is 1. The van der Waals surface area contributed by atoms with E-state index in [1.54, 1.807) is 6.08 Å². The van der Waals surface area contributed by atoms with Gasteiger partial charge in [-0.1, -0.05) is 6.42 Å². The van der Waals surface area contributed by atoms with Crippen molar-refractivity contribution in [3.8, 4) is 0 Å². The smallest absolute Gasteiger partial charge is 0.331 e. The normalized spacial score (nSPS) is 46.0. The number of fused-ring (bicyclic) bond motifs is 3. The van der Waals surface area contributed by atoms with Crippen LogP contribution in [0.2, 0.25) is 0 Å². The maximum atomic E-state index is 11.5. The molecule has 3 nitrogen and oxygen atoms in total. The van der Waals surface area contributed by atoms with Gasteiger partial charge in [0.2, 0.25) is 0 Å². The van der Waals surface area contributed by atoms with Gasteiger partial charge in [-0.3, -0.25) is 4.90 Å². The molecule has 1 aliphatic carbocycles. The lowest BCUT2D eigenvalue weighted by Crippen LogP contribution is -2.48. The summed E-state index contributed by atoms with van der Waals surface area (Å²) >= 11 is 0. The molecule has 0 unspecified atom stereocenters. The van der Waals surface area contributed by atoms with Crippen molar-refractivity contribution in [3.05, 3.63) is 11.6 Å². The largest absolute Gasteiger partial charge is 0.450 e. The highest BCUT2D eigenvalue weighted by Crippen LogP contribution is 2.53. The van der Waals surface area contributed by atoms with Crippen molar-refractivity contribution < 1.29 is 9.53 Å². The summed E-state index contributed by atoms with van der Waals surface area (Å²) in [6, 6.07) is 1.17. The molecule has 3 aliphatic heterocycles. The molecule has 0 amide bonds. The van der Waals surface area contributed by atoms with E-state index in [0.717, 1.165) is 12.8 Å². The first kappa shape index (κ1) is 9.23.